The highest BCUT2D eigenvalue weighted by molar-refractivity contribution is 5.98. The van der Waals surface area contributed by atoms with Crippen molar-refractivity contribution in [2.75, 3.05) is 26.2 Å². The van der Waals surface area contributed by atoms with E-state index in [-0.39, 0.29) is 11.8 Å². The standard InChI is InChI=1S/C13H21N5O2/c1-4-15-12(19)11-7-14-5-6-18(11)13(20)10-8-17(3)16-9(10)2/h8,11,14H,4-7H2,1-3H3,(H,15,19). The van der Waals surface area contributed by atoms with Gasteiger partial charge in [0.1, 0.15) is 6.04 Å². The summed E-state index contributed by atoms with van der Waals surface area (Å²) in [6.07, 6.45) is 1.70. The third kappa shape index (κ3) is 2.82. The molecule has 7 nitrogen and oxygen atoms in total. The van der Waals surface area contributed by atoms with E-state index in [1.54, 1.807) is 29.7 Å². The lowest BCUT2D eigenvalue weighted by molar-refractivity contribution is -0.126. The number of piperazine rings is 1. The van der Waals surface area contributed by atoms with E-state index in [0.29, 0.717) is 37.4 Å². The van der Waals surface area contributed by atoms with Gasteiger partial charge in [-0.3, -0.25) is 14.3 Å². The summed E-state index contributed by atoms with van der Waals surface area (Å²) in [6, 6.07) is -0.462. The first-order valence-electron chi connectivity index (χ1n) is 6.84. The Morgan fingerprint density at radius 3 is 2.90 bits per heavy atom. The molecule has 0 aromatic carbocycles. The van der Waals surface area contributed by atoms with Crippen LogP contribution >= 0.6 is 0 Å². The molecule has 2 heterocycles. The van der Waals surface area contributed by atoms with Crippen LogP contribution in [0, 0.1) is 6.92 Å². The molecule has 1 aromatic heterocycles. The van der Waals surface area contributed by atoms with Gasteiger partial charge in [-0.1, -0.05) is 0 Å². The molecule has 0 spiro atoms. The molecular weight excluding hydrogens is 258 g/mol. The maximum atomic E-state index is 12.6. The van der Waals surface area contributed by atoms with Gasteiger partial charge in [0.25, 0.3) is 5.91 Å². The summed E-state index contributed by atoms with van der Waals surface area (Å²) in [6.45, 7) is 5.93. The average molecular weight is 279 g/mol. The fourth-order valence-electron chi connectivity index (χ4n) is 2.44. The van der Waals surface area contributed by atoms with Gasteiger partial charge in [-0.15, -0.1) is 0 Å². The molecule has 1 atom stereocenters. The maximum absolute atomic E-state index is 12.6. The molecule has 0 saturated carbocycles. The number of carbonyl (C=O) groups is 2. The smallest absolute Gasteiger partial charge is 0.258 e. The summed E-state index contributed by atoms with van der Waals surface area (Å²) in [5.74, 6) is -0.247. The van der Waals surface area contributed by atoms with Gasteiger partial charge in [-0.05, 0) is 13.8 Å². The summed E-state index contributed by atoms with van der Waals surface area (Å²) in [7, 11) is 1.78. The van der Waals surface area contributed by atoms with Crippen molar-refractivity contribution in [1.82, 2.24) is 25.3 Å². The first kappa shape index (κ1) is 14.5. The number of aromatic nitrogens is 2. The largest absolute Gasteiger partial charge is 0.355 e. The Morgan fingerprint density at radius 1 is 1.55 bits per heavy atom. The first-order valence-corrected chi connectivity index (χ1v) is 6.84. The zero-order valence-electron chi connectivity index (χ0n) is 12.1. The zero-order chi connectivity index (χ0) is 14.7. The molecule has 0 aliphatic carbocycles. The Labute approximate surface area is 118 Å². The monoisotopic (exact) mass is 279 g/mol. The van der Waals surface area contributed by atoms with Crippen LogP contribution < -0.4 is 10.6 Å². The van der Waals surface area contributed by atoms with Gasteiger partial charge in [0.2, 0.25) is 5.91 Å². The Morgan fingerprint density at radius 2 is 2.30 bits per heavy atom. The van der Waals surface area contributed by atoms with E-state index in [9.17, 15) is 9.59 Å². The number of nitrogens with zero attached hydrogens (tertiary/aromatic N) is 3. The average Bonchev–Trinajstić information content (AvgIpc) is 2.77. The summed E-state index contributed by atoms with van der Waals surface area (Å²) in [5.41, 5.74) is 1.24. The van der Waals surface area contributed by atoms with Crippen LogP contribution in [-0.2, 0) is 11.8 Å². The highest BCUT2D eigenvalue weighted by Crippen LogP contribution is 2.13. The lowest BCUT2D eigenvalue weighted by Gasteiger charge is -2.35. The minimum atomic E-state index is -0.462. The van der Waals surface area contributed by atoms with Crippen LogP contribution in [0.3, 0.4) is 0 Å². The molecule has 1 aromatic rings. The van der Waals surface area contributed by atoms with Crippen molar-refractivity contribution >= 4 is 11.8 Å². The number of likely N-dealkylation sites (N-methyl/N-ethyl adjacent to an activating group) is 1. The van der Waals surface area contributed by atoms with E-state index in [1.165, 1.54) is 0 Å². The van der Waals surface area contributed by atoms with E-state index in [4.69, 9.17) is 0 Å². The van der Waals surface area contributed by atoms with Gasteiger partial charge in [0.05, 0.1) is 11.3 Å². The molecule has 1 unspecified atom stereocenters. The lowest BCUT2D eigenvalue weighted by atomic mass is 10.1. The Hall–Kier alpha value is -1.89. The van der Waals surface area contributed by atoms with E-state index < -0.39 is 6.04 Å². The predicted octanol–water partition coefficient (Wildman–Crippen LogP) is -0.721. The van der Waals surface area contributed by atoms with Crippen LogP contribution in [0.1, 0.15) is 23.0 Å². The highest BCUT2D eigenvalue weighted by Gasteiger charge is 2.33. The van der Waals surface area contributed by atoms with Gasteiger partial charge in [-0.2, -0.15) is 5.10 Å². The van der Waals surface area contributed by atoms with Gasteiger partial charge in [0, 0.05) is 39.4 Å². The molecule has 0 radical (unpaired) electrons. The first-order chi connectivity index (χ1) is 9.54. The maximum Gasteiger partial charge on any atom is 0.258 e. The number of nitrogens with one attached hydrogen (secondary N) is 2. The van der Waals surface area contributed by atoms with Crippen LogP contribution in [0.2, 0.25) is 0 Å². The van der Waals surface area contributed by atoms with E-state index in [0.717, 1.165) is 0 Å². The van der Waals surface area contributed by atoms with Gasteiger partial charge in [0.15, 0.2) is 0 Å². The summed E-state index contributed by atoms with van der Waals surface area (Å²) in [4.78, 5) is 26.3. The van der Waals surface area contributed by atoms with E-state index in [2.05, 4.69) is 15.7 Å². The van der Waals surface area contributed by atoms with Crippen molar-refractivity contribution in [3.05, 3.63) is 17.5 Å². The van der Waals surface area contributed by atoms with Crippen molar-refractivity contribution in [3.63, 3.8) is 0 Å². The second-order valence-corrected chi connectivity index (χ2v) is 4.91. The minimum absolute atomic E-state index is 0.116. The third-order valence-electron chi connectivity index (χ3n) is 3.40. The van der Waals surface area contributed by atoms with Gasteiger partial charge >= 0.3 is 0 Å². The van der Waals surface area contributed by atoms with Crippen molar-refractivity contribution in [2.24, 2.45) is 7.05 Å². The predicted molar refractivity (Wildman–Crippen MR) is 74.3 cm³/mol. The fraction of sp³-hybridized carbons (Fsp3) is 0.615. The van der Waals surface area contributed by atoms with E-state index in [1.807, 2.05) is 6.92 Å². The lowest BCUT2D eigenvalue weighted by Crippen LogP contribution is -2.59. The molecule has 1 aliphatic rings. The fourth-order valence-corrected chi connectivity index (χ4v) is 2.44. The second-order valence-electron chi connectivity index (χ2n) is 4.91. The number of hydrogen-bond acceptors (Lipinski definition) is 4. The Kier molecular flexibility index (Phi) is 4.39. The topological polar surface area (TPSA) is 79.3 Å². The highest BCUT2D eigenvalue weighted by atomic mass is 16.2. The van der Waals surface area contributed by atoms with Crippen LogP contribution in [0.25, 0.3) is 0 Å². The molecule has 2 N–H and O–H groups in total. The van der Waals surface area contributed by atoms with Crippen molar-refractivity contribution < 1.29 is 9.59 Å². The Bertz CT molecular complexity index is 511. The third-order valence-corrected chi connectivity index (χ3v) is 3.40. The molecule has 110 valence electrons. The number of aryl methyl sites for hydroxylation is 2. The summed E-state index contributed by atoms with van der Waals surface area (Å²) < 4.78 is 1.62. The number of carbonyl (C=O) groups excluding carboxylic acids is 2. The molecule has 7 heteroatoms. The van der Waals surface area contributed by atoms with Crippen molar-refractivity contribution in [2.45, 2.75) is 19.9 Å². The van der Waals surface area contributed by atoms with Crippen molar-refractivity contribution in [1.29, 1.82) is 0 Å². The molecule has 1 aliphatic heterocycles. The molecule has 0 bridgehead atoms. The SMILES string of the molecule is CCNC(=O)C1CNCCN1C(=O)c1cn(C)nc1C. The number of hydrogen-bond donors (Lipinski definition) is 2. The minimum Gasteiger partial charge on any atom is -0.355 e. The molecular formula is C13H21N5O2. The van der Waals surface area contributed by atoms with Gasteiger partial charge in [-0.25, -0.2) is 0 Å². The van der Waals surface area contributed by atoms with Gasteiger partial charge < -0.3 is 15.5 Å². The molecule has 2 amide bonds. The second kappa shape index (κ2) is 6.04. The van der Waals surface area contributed by atoms with E-state index >= 15 is 0 Å². The van der Waals surface area contributed by atoms with Crippen LogP contribution in [0.15, 0.2) is 6.20 Å². The molecule has 1 fully saturated rings. The Balaban J connectivity index is 2.21. The quantitative estimate of drug-likeness (QED) is 0.765. The van der Waals surface area contributed by atoms with Crippen LogP contribution in [0.4, 0.5) is 0 Å². The molecule has 1 saturated heterocycles. The summed E-state index contributed by atoms with van der Waals surface area (Å²) in [5, 5.41) is 10.1. The summed E-state index contributed by atoms with van der Waals surface area (Å²) >= 11 is 0. The zero-order valence-corrected chi connectivity index (χ0v) is 12.1. The molecule has 20 heavy (non-hydrogen) atoms. The molecule has 2 rings (SSSR count). The van der Waals surface area contributed by atoms with Crippen LogP contribution in [0.5, 0.6) is 0 Å². The number of rotatable bonds is 3. The van der Waals surface area contributed by atoms with Crippen molar-refractivity contribution in [3.8, 4) is 0 Å². The number of amides is 2. The van der Waals surface area contributed by atoms with Crippen LogP contribution in [-0.4, -0.2) is 58.7 Å². The normalized spacial score (nSPS) is 18.9.